The number of thioether (sulfide) groups is 1. The average Bonchev–Trinajstić information content (AvgIpc) is 3.28. The van der Waals surface area contributed by atoms with Crippen LogP contribution in [-0.4, -0.2) is 33.5 Å². The number of hydrogen-bond donors (Lipinski definition) is 1. The third kappa shape index (κ3) is 4.23. The highest BCUT2D eigenvalue weighted by atomic mass is 32.2. The molecule has 8 heteroatoms. The lowest BCUT2D eigenvalue weighted by Gasteiger charge is -2.10. The Hall–Kier alpha value is -2.32. The van der Waals surface area contributed by atoms with Crippen molar-refractivity contribution in [1.29, 1.82) is 0 Å². The zero-order valence-corrected chi connectivity index (χ0v) is 18.1. The predicted molar refractivity (Wildman–Crippen MR) is 115 cm³/mol. The van der Waals surface area contributed by atoms with Crippen LogP contribution in [0.2, 0.25) is 0 Å². The zero-order valence-electron chi connectivity index (χ0n) is 16.5. The smallest absolute Gasteiger partial charge is 0.234 e. The molecule has 148 valence electrons. The van der Waals surface area contributed by atoms with Crippen molar-refractivity contribution in [3.05, 3.63) is 40.1 Å². The molecule has 0 fully saturated rings. The number of rotatable bonds is 8. The number of hydrogen-bond acceptors (Lipinski definition) is 6. The quantitative estimate of drug-likeness (QED) is 0.542. The van der Waals surface area contributed by atoms with Crippen molar-refractivity contribution >= 4 is 34.7 Å². The van der Waals surface area contributed by atoms with Crippen molar-refractivity contribution in [2.24, 2.45) is 0 Å². The summed E-state index contributed by atoms with van der Waals surface area (Å²) in [5, 5.41) is 14.5. The molecule has 1 amide bonds. The van der Waals surface area contributed by atoms with Gasteiger partial charge in [0.2, 0.25) is 5.91 Å². The average molecular weight is 417 g/mol. The van der Waals surface area contributed by atoms with E-state index < -0.39 is 0 Å². The molecule has 0 spiro atoms. The summed E-state index contributed by atoms with van der Waals surface area (Å²) in [5.41, 5.74) is 3.12. The first-order valence-electron chi connectivity index (χ1n) is 9.15. The van der Waals surface area contributed by atoms with Gasteiger partial charge in [-0.15, -0.1) is 21.5 Å². The van der Waals surface area contributed by atoms with Gasteiger partial charge in [0.15, 0.2) is 11.0 Å². The predicted octanol–water partition coefficient (Wildman–Crippen LogP) is 4.64. The van der Waals surface area contributed by atoms with Crippen LogP contribution in [0.5, 0.6) is 5.75 Å². The molecule has 0 saturated carbocycles. The lowest BCUT2D eigenvalue weighted by atomic mass is 10.1. The molecule has 0 radical (unpaired) electrons. The topological polar surface area (TPSA) is 69.0 Å². The fraction of sp³-hybridized carbons (Fsp3) is 0.350. The maximum Gasteiger partial charge on any atom is 0.234 e. The summed E-state index contributed by atoms with van der Waals surface area (Å²) >= 11 is 3.13. The minimum Gasteiger partial charge on any atom is -0.495 e. The second-order valence-electron chi connectivity index (χ2n) is 6.13. The number of carbonyl (C=O) groups is 1. The highest BCUT2D eigenvalue weighted by Gasteiger charge is 2.19. The van der Waals surface area contributed by atoms with E-state index in [-0.39, 0.29) is 11.7 Å². The summed E-state index contributed by atoms with van der Waals surface area (Å²) in [6, 6.07) is 7.36. The number of aryl methyl sites for hydroxylation is 1. The Kier molecular flexibility index (Phi) is 6.74. The van der Waals surface area contributed by atoms with Crippen molar-refractivity contribution in [1.82, 2.24) is 14.8 Å². The number of methoxy groups -OCH3 is 1. The molecule has 0 bridgehead atoms. The van der Waals surface area contributed by atoms with Crippen LogP contribution < -0.4 is 10.1 Å². The number of ether oxygens (including phenoxy) is 1. The van der Waals surface area contributed by atoms with E-state index in [1.54, 1.807) is 18.4 Å². The summed E-state index contributed by atoms with van der Waals surface area (Å²) in [4.78, 5) is 13.7. The van der Waals surface area contributed by atoms with E-state index in [0.717, 1.165) is 29.5 Å². The fourth-order valence-electron chi connectivity index (χ4n) is 3.05. The lowest BCUT2D eigenvalue weighted by Crippen LogP contribution is -2.15. The van der Waals surface area contributed by atoms with Gasteiger partial charge in [-0.1, -0.05) is 30.8 Å². The minimum absolute atomic E-state index is 0.109. The Balaban J connectivity index is 1.73. The summed E-state index contributed by atoms with van der Waals surface area (Å²) in [5.74, 6) is 1.65. The molecule has 0 saturated heterocycles. The van der Waals surface area contributed by atoms with Crippen LogP contribution in [0.1, 0.15) is 24.3 Å². The van der Waals surface area contributed by atoms with Gasteiger partial charge in [0.05, 0.1) is 18.6 Å². The molecule has 3 rings (SSSR count). The molecule has 0 aliphatic heterocycles. The van der Waals surface area contributed by atoms with E-state index in [1.165, 1.54) is 22.2 Å². The molecule has 2 aromatic heterocycles. The van der Waals surface area contributed by atoms with Crippen molar-refractivity contribution in [3.8, 4) is 17.1 Å². The van der Waals surface area contributed by atoms with Crippen LogP contribution in [0.4, 0.5) is 5.69 Å². The number of nitrogens with one attached hydrogen (secondary N) is 1. The number of benzene rings is 1. The van der Waals surface area contributed by atoms with E-state index in [4.69, 9.17) is 4.74 Å². The molecule has 0 atom stereocenters. The maximum absolute atomic E-state index is 12.4. The highest BCUT2D eigenvalue weighted by molar-refractivity contribution is 7.99. The molecule has 0 aliphatic carbocycles. The zero-order chi connectivity index (χ0) is 20.1. The van der Waals surface area contributed by atoms with Gasteiger partial charge in [-0.2, -0.15) is 0 Å². The van der Waals surface area contributed by atoms with E-state index in [9.17, 15) is 4.79 Å². The van der Waals surface area contributed by atoms with Crippen LogP contribution in [-0.2, 0) is 17.8 Å². The van der Waals surface area contributed by atoms with Crippen molar-refractivity contribution in [2.75, 3.05) is 18.2 Å². The second-order valence-corrected chi connectivity index (χ2v) is 8.15. The van der Waals surface area contributed by atoms with E-state index in [2.05, 4.69) is 46.2 Å². The fourth-order valence-corrected chi connectivity index (χ4v) is 4.79. The van der Waals surface area contributed by atoms with Gasteiger partial charge in [-0.25, -0.2) is 0 Å². The largest absolute Gasteiger partial charge is 0.495 e. The molecular formula is C20H24N4O2S2. The summed E-state index contributed by atoms with van der Waals surface area (Å²) in [6.45, 7) is 7.11. The number of thiophene rings is 1. The van der Waals surface area contributed by atoms with Gasteiger partial charge in [-0.05, 0) is 38.0 Å². The summed E-state index contributed by atoms with van der Waals surface area (Å²) in [7, 11) is 1.59. The molecule has 2 heterocycles. The highest BCUT2D eigenvalue weighted by Crippen LogP contribution is 2.32. The number of anilines is 1. The Labute approximate surface area is 173 Å². The van der Waals surface area contributed by atoms with Crippen LogP contribution in [0.3, 0.4) is 0 Å². The van der Waals surface area contributed by atoms with Crippen LogP contribution in [0, 0.1) is 6.92 Å². The van der Waals surface area contributed by atoms with Gasteiger partial charge in [-0.3, -0.25) is 4.79 Å². The molecule has 1 aromatic carbocycles. The molecule has 6 nitrogen and oxygen atoms in total. The van der Waals surface area contributed by atoms with Crippen LogP contribution >= 0.6 is 23.1 Å². The summed E-state index contributed by atoms with van der Waals surface area (Å²) in [6.07, 6.45) is 0.963. The molecule has 28 heavy (non-hydrogen) atoms. The van der Waals surface area contributed by atoms with E-state index in [1.807, 2.05) is 24.3 Å². The second kappa shape index (κ2) is 9.25. The van der Waals surface area contributed by atoms with Crippen molar-refractivity contribution < 1.29 is 9.53 Å². The number of amides is 1. The molecule has 1 N–H and O–H groups in total. The Bertz CT molecular complexity index is 965. The van der Waals surface area contributed by atoms with Gasteiger partial charge in [0, 0.05) is 22.4 Å². The van der Waals surface area contributed by atoms with Gasteiger partial charge >= 0.3 is 0 Å². The SMILES string of the molecule is CCc1c(-c2nnc(SCC(=O)Nc3ccccc3OC)n2CC)csc1C. The number of nitrogens with zero attached hydrogens (tertiary/aromatic N) is 3. The molecular weight excluding hydrogens is 392 g/mol. The standard InChI is InChI=1S/C20H24N4O2S2/c1-5-14-13(3)27-11-15(14)19-22-23-20(24(19)6-2)28-12-18(25)21-16-9-7-8-10-17(16)26-4/h7-11H,5-6,12H2,1-4H3,(H,21,25). The van der Waals surface area contributed by atoms with Crippen molar-refractivity contribution in [3.63, 3.8) is 0 Å². The number of carbonyl (C=O) groups excluding carboxylic acids is 1. The van der Waals surface area contributed by atoms with Crippen molar-refractivity contribution in [2.45, 2.75) is 38.9 Å². The van der Waals surface area contributed by atoms with Crippen LogP contribution in [0.25, 0.3) is 11.4 Å². The Morgan fingerprint density at radius 1 is 1.29 bits per heavy atom. The normalized spacial score (nSPS) is 10.9. The minimum atomic E-state index is -0.109. The first-order valence-corrected chi connectivity index (χ1v) is 11.0. The maximum atomic E-state index is 12.4. The van der Waals surface area contributed by atoms with E-state index >= 15 is 0 Å². The Morgan fingerprint density at radius 3 is 2.79 bits per heavy atom. The first-order chi connectivity index (χ1) is 13.6. The monoisotopic (exact) mass is 416 g/mol. The van der Waals surface area contributed by atoms with Gasteiger partial charge in [0.1, 0.15) is 5.75 Å². The molecule has 3 aromatic rings. The first kappa shape index (κ1) is 20.4. The van der Waals surface area contributed by atoms with Gasteiger partial charge in [0.25, 0.3) is 0 Å². The number of para-hydroxylation sites is 2. The van der Waals surface area contributed by atoms with Gasteiger partial charge < -0.3 is 14.6 Å². The number of aromatic nitrogens is 3. The molecule has 0 unspecified atom stereocenters. The third-order valence-electron chi connectivity index (χ3n) is 4.44. The molecule has 0 aliphatic rings. The van der Waals surface area contributed by atoms with E-state index in [0.29, 0.717) is 11.4 Å². The van der Waals surface area contributed by atoms with Crippen LogP contribution in [0.15, 0.2) is 34.8 Å². The summed E-state index contributed by atoms with van der Waals surface area (Å²) < 4.78 is 7.35. The third-order valence-corrected chi connectivity index (χ3v) is 6.36. The lowest BCUT2D eigenvalue weighted by molar-refractivity contribution is -0.113. The Morgan fingerprint density at radius 2 is 2.07 bits per heavy atom.